The summed E-state index contributed by atoms with van der Waals surface area (Å²) in [5.41, 5.74) is 16.5. The van der Waals surface area contributed by atoms with Crippen molar-refractivity contribution in [1.29, 1.82) is 0 Å². The Balaban J connectivity index is 1.03. The van der Waals surface area contributed by atoms with E-state index < -0.39 is 6.17 Å². The Hall–Kier alpha value is -8.14. The third-order valence-electron chi connectivity index (χ3n) is 13.5. The van der Waals surface area contributed by atoms with Crippen molar-refractivity contribution in [3.63, 3.8) is 0 Å². The van der Waals surface area contributed by atoms with Gasteiger partial charge < -0.3 is 5.32 Å². The first-order valence-electron chi connectivity index (χ1n) is 22.1. The minimum absolute atomic E-state index is 0.286. The van der Waals surface area contributed by atoms with Crippen LogP contribution in [0, 0.1) is 0 Å². The summed E-state index contributed by atoms with van der Waals surface area (Å²) in [4.78, 5) is 10.9. The van der Waals surface area contributed by atoms with Gasteiger partial charge in [0.1, 0.15) is 12.0 Å². The molecule has 0 aromatic heterocycles. The van der Waals surface area contributed by atoms with Crippen LogP contribution in [0.2, 0.25) is 0 Å². The molecule has 2 aliphatic rings. The molecule has 1 aliphatic heterocycles. The molecule has 0 radical (unpaired) electrons. The quantitative estimate of drug-likeness (QED) is 0.171. The van der Waals surface area contributed by atoms with Crippen LogP contribution in [0.4, 0.5) is 0 Å². The molecule has 2 atom stereocenters. The molecule has 64 heavy (non-hydrogen) atoms. The Morgan fingerprint density at radius 1 is 0.375 bits per heavy atom. The standard InChI is InChI=1S/C61H43N3/c1-61(44-22-9-4-10-23-44)55-30-16-15-28-54(55)57-51(29-17-31-56(57)61)50-37-39-53(49-27-14-12-25-47(49)50)60-63-58(43-34-32-41(33-35-43)40-18-5-2-6-19-40)62-59(64-60)52-38-36-45(42-20-7-3-8-21-42)46-24-11-13-26-48(46)52/h2-39,59H,1H3,(H,62,63,64). The van der Waals surface area contributed by atoms with Gasteiger partial charge in [-0.05, 0) is 95.7 Å². The third kappa shape index (κ3) is 6.12. The first-order valence-corrected chi connectivity index (χ1v) is 22.1. The molecule has 1 N–H and O–H groups in total. The SMILES string of the molecule is CC1(c2ccccc2)c2ccccc2-c2c(-c3ccc(C4=NC(c5ccc(-c6ccccc6)c6ccccc56)NC(c5ccc(-c6ccccc6)cc5)=N4)c4ccccc34)cccc21. The Kier molecular flexibility index (Phi) is 9.01. The average molecular weight is 818 g/mol. The van der Waals surface area contributed by atoms with E-state index in [1.54, 1.807) is 0 Å². The largest absolute Gasteiger partial charge is 0.344 e. The van der Waals surface area contributed by atoms with E-state index in [0.717, 1.165) is 38.9 Å². The Morgan fingerprint density at radius 3 is 1.62 bits per heavy atom. The number of nitrogens with one attached hydrogen (secondary N) is 1. The minimum atomic E-state index is -0.394. The fourth-order valence-corrected chi connectivity index (χ4v) is 10.3. The Morgan fingerprint density at radius 2 is 0.891 bits per heavy atom. The molecule has 0 saturated heterocycles. The lowest BCUT2D eigenvalue weighted by Crippen LogP contribution is -2.33. The Bertz CT molecular complexity index is 3460. The first kappa shape index (κ1) is 37.6. The van der Waals surface area contributed by atoms with Crippen molar-refractivity contribution >= 4 is 33.2 Å². The second-order valence-electron chi connectivity index (χ2n) is 17.0. The lowest BCUT2D eigenvalue weighted by molar-refractivity contribution is 0.680. The van der Waals surface area contributed by atoms with Crippen molar-refractivity contribution in [3.05, 3.63) is 264 Å². The molecule has 0 fully saturated rings. The van der Waals surface area contributed by atoms with Gasteiger partial charge in [0.2, 0.25) is 0 Å². The summed E-state index contributed by atoms with van der Waals surface area (Å²) >= 11 is 0. The maximum atomic E-state index is 5.53. The number of rotatable bonds is 7. The van der Waals surface area contributed by atoms with Crippen LogP contribution in [0.15, 0.2) is 241 Å². The van der Waals surface area contributed by atoms with Gasteiger partial charge in [-0.3, -0.25) is 0 Å². The van der Waals surface area contributed by atoms with Crippen LogP contribution in [0.25, 0.3) is 66.1 Å². The van der Waals surface area contributed by atoms with Crippen LogP contribution in [-0.4, -0.2) is 11.7 Å². The monoisotopic (exact) mass is 817 g/mol. The van der Waals surface area contributed by atoms with Gasteiger partial charge >= 0.3 is 0 Å². The highest BCUT2D eigenvalue weighted by Crippen LogP contribution is 2.55. The lowest BCUT2D eigenvalue weighted by Gasteiger charge is -2.28. The van der Waals surface area contributed by atoms with E-state index in [1.807, 2.05) is 0 Å². The number of nitrogens with zero attached hydrogens (tertiary/aromatic N) is 2. The molecular weight excluding hydrogens is 775 g/mol. The number of benzene rings is 10. The summed E-state index contributed by atoms with van der Waals surface area (Å²) < 4.78 is 0. The molecule has 3 nitrogen and oxygen atoms in total. The normalized spacial score (nSPS) is 16.4. The fourth-order valence-electron chi connectivity index (χ4n) is 10.3. The van der Waals surface area contributed by atoms with Crippen LogP contribution in [0.5, 0.6) is 0 Å². The molecule has 0 amide bonds. The molecule has 1 aliphatic carbocycles. The van der Waals surface area contributed by atoms with Crippen molar-refractivity contribution in [3.8, 4) is 44.5 Å². The molecule has 0 spiro atoms. The van der Waals surface area contributed by atoms with Crippen molar-refractivity contribution in [2.45, 2.75) is 18.5 Å². The van der Waals surface area contributed by atoms with Crippen LogP contribution in [-0.2, 0) is 5.41 Å². The van der Waals surface area contributed by atoms with E-state index in [0.29, 0.717) is 5.84 Å². The molecule has 2 unspecified atom stereocenters. The van der Waals surface area contributed by atoms with Gasteiger partial charge in [0.05, 0.1) is 0 Å². The van der Waals surface area contributed by atoms with Gasteiger partial charge in [0.15, 0.2) is 5.84 Å². The van der Waals surface area contributed by atoms with Crippen LogP contribution in [0.1, 0.15) is 46.5 Å². The molecular formula is C61H43N3. The van der Waals surface area contributed by atoms with E-state index in [9.17, 15) is 0 Å². The van der Waals surface area contributed by atoms with E-state index in [-0.39, 0.29) is 5.41 Å². The number of hydrogen-bond acceptors (Lipinski definition) is 3. The number of hydrogen-bond donors (Lipinski definition) is 1. The van der Waals surface area contributed by atoms with Gasteiger partial charge in [-0.1, -0.05) is 224 Å². The van der Waals surface area contributed by atoms with Crippen LogP contribution >= 0.6 is 0 Å². The first-order chi connectivity index (χ1) is 31.6. The summed E-state index contributed by atoms with van der Waals surface area (Å²) in [5.74, 6) is 1.49. The van der Waals surface area contributed by atoms with Gasteiger partial charge in [-0.15, -0.1) is 0 Å². The predicted molar refractivity (Wildman–Crippen MR) is 267 cm³/mol. The number of amidine groups is 2. The minimum Gasteiger partial charge on any atom is -0.344 e. The zero-order chi connectivity index (χ0) is 42.6. The molecule has 0 saturated carbocycles. The van der Waals surface area contributed by atoms with Crippen molar-refractivity contribution in [2.24, 2.45) is 9.98 Å². The Labute approximate surface area is 373 Å². The molecule has 12 rings (SSSR count). The van der Waals surface area contributed by atoms with E-state index in [2.05, 4.69) is 243 Å². The van der Waals surface area contributed by atoms with Gasteiger partial charge in [-0.2, -0.15) is 0 Å². The van der Waals surface area contributed by atoms with Crippen molar-refractivity contribution < 1.29 is 0 Å². The van der Waals surface area contributed by atoms with Gasteiger partial charge in [0.25, 0.3) is 0 Å². The predicted octanol–water partition coefficient (Wildman–Crippen LogP) is 14.8. The molecule has 3 heteroatoms. The van der Waals surface area contributed by atoms with E-state index in [1.165, 1.54) is 66.4 Å². The fraction of sp³-hybridized carbons (Fsp3) is 0.0492. The highest BCUT2D eigenvalue weighted by molar-refractivity contribution is 6.19. The van der Waals surface area contributed by atoms with Crippen molar-refractivity contribution in [1.82, 2.24) is 5.32 Å². The zero-order valence-electron chi connectivity index (χ0n) is 35.4. The summed E-state index contributed by atoms with van der Waals surface area (Å²) in [7, 11) is 0. The topological polar surface area (TPSA) is 36.8 Å². The maximum Gasteiger partial charge on any atom is 0.160 e. The smallest absolute Gasteiger partial charge is 0.160 e. The number of fused-ring (bicyclic) bond motifs is 5. The zero-order valence-corrected chi connectivity index (χ0v) is 35.4. The van der Waals surface area contributed by atoms with E-state index >= 15 is 0 Å². The summed E-state index contributed by atoms with van der Waals surface area (Å²) in [5, 5.41) is 8.43. The number of aliphatic imine (C=N–C) groups is 2. The third-order valence-corrected chi connectivity index (χ3v) is 13.5. The van der Waals surface area contributed by atoms with Gasteiger partial charge in [0, 0.05) is 22.1 Å². The highest BCUT2D eigenvalue weighted by atomic mass is 15.2. The van der Waals surface area contributed by atoms with Crippen molar-refractivity contribution in [2.75, 3.05) is 0 Å². The molecule has 0 bridgehead atoms. The van der Waals surface area contributed by atoms with Crippen LogP contribution < -0.4 is 5.32 Å². The van der Waals surface area contributed by atoms with E-state index in [4.69, 9.17) is 9.98 Å². The molecule has 1 heterocycles. The molecule has 302 valence electrons. The maximum absolute atomic E-state index is 5.53. The second kappa shape index (κ2) is 15.3. The summed E-state index contributed by atoms with van der Waals surface area (Å²) in [6.45, 7) is 2.38. The highest BCUT2D eigenvalue weighted by Gasteiger charge is 2.41. The van der Waals surface area contributed by atoms with Crippen LogP contribution in [0.3, 0.4) is 0 Å². The second-order valence-corrected chi connectivity index (χ2v) is 17.0. The molecule has 10 aromatic carbocycles. The average Bonchev–Trinajstić information content (AvgIpc) is 3.65. The van der Waals surface area contributed by atoms with Gasteiger partial charge in [-0.25, -0.2) is 9.98 Å². The summed E-state index contributed by atoms with van der Waals surface area (Å²) in [6.07, 6.45) is -0.394. The lowest BCUT2D eigenvalue weighted by atomic mass is 9.74. The molecule has 10 aromatic rings. The summed E-state index contributed by atoms with van der Waals surface area (Å²) in [6, 6.07) is 83.1.